The Balaban J connectivity index is 1.58. The summed E-state index contributed by atoms with van der Waals surface area (Å²) in [5, 5.41) is 0. The lowest BCUT2D eigenvalue weighted by Crippen LogP contribution is -2.61. The molecule has 2 aliphatic rings. The Morgan fingerprint density at radius 1 is 1.07 bits per heavy atom. The van der Waals surface area contributed by atoms with Crippen molar-refractivity contribution in [2.75, 3.05) is 26.7 Å². The van der Waals surface area contributed by atoms with Gasteiger partial charge in [0, 0.05) is 32.5 Å². The lowest BCUT2D eigenvalue weighted by Gasteiger charge is -2.43. The van der Waals surface area contributed by atoms with Crippen molar-refractivity contribution < 1.29 is 9.59 Å². The first-order chi connectivity index (χ1) is 14.5. The van der Waals surface area contributed by atoms with Gasteiger partial charge in [0.15, 0.2) is 0 Å². The lowest BCUT2D eigenvalue weighted by molar-refractivity contribution is -0.146. The zero-order valence-electron chi connectivity index (χ0n) is 17.7. The Bertz CT molecular complexity index is 887. The highest BCUT2D eigenvalue weighted by Crippen LogP contribution is 2.36. The van der Waals surface area contributed by atoms with Crippen molar-refractivity contribution in [3.8, 4) is 0 Å². The van der Waals surface area contributed by atoms with Crippen molar-refractivity contribution in [3.05, 3.63) is 71.3 Å². The van der Waals surface area contributed by atoms with Gasteiger partial charge in [-0.15, -0.1) is 0 Å². The maximum atomic E-state index is 13.9. The van der Waals surface area contributed by atoms with Crippen molar-refractivity contribution in [2.45, 2.75) is 37.6 Å². The predicted molar refractivity (Wildman–Crippen MR) is 118 cm³/mol. The Morgan fingerprint density at radius 3 is 2.33 bits per heavy atom. The molecular formula is C25H31N3O2. The molecular weight excluding hydrogens is 374 g/mol. The number of primary amides is 1. The molecule has 1 atom stereocenters. The molecule has 0 radical (unpaired) electrons. The first kappa shape index (κ1) is 20.6. The molecule has 0 bridgehead atoms. The summed E-state index contributed by atoms with van der Waals surface area (Å²) in [7, 11) is 2.07. The van der Waals surface area contributed by atoms with Gasteiger partial charge in [0.2, 0.25) is 11.8 Å². The molecule has 2 aromatic rings. The average Bonchev–Trinajstić information content (AvgIpc) is 3.18. The number of carbonyl (C=O) groups excluding carboxylic acids is 2. The van der Waals surface area contributed by atoms with E-state index >= 15 is 0 Å². The molecule has 2 N–H and O–H groups in total. The second-order valence-corrected chi connectivity index (χ2v) is 8.80. The van der Waals surface area contributed by atoms with Gasteiger partial charge in [-0.1, -0.05) is 54.6 Å². The van der Waals surface area contributed by atoms with Crippen LogP contribution in [0.15, 0.2) is 54.6 Å². The molecule has 1 aliphatic heterocycles. The van der Waals surface area contributed by atoms with Crippen molar-refractivity contribution in [1.29, 1.82) is 0 Å². The Hall–Kier alpha value is -2.66. The summed E-state index contributed by atoms with van der Waals surface area (Å²) in [5.41, 5.74) is 8.74. The van der Waals surface area contributed by atoms with Crippen LogP contribution in [0.4, 0.5) is 0 Å². The molecule has 5 heteroatoms. The highest BCUT2D eigenvalue weighted by Gasteiger charge is 2.49. The first-order valence-corrected chi connectivity index (χ1v) is 10.9. The van der Waals surface area contributed by atoms with E-state index in [2.05, 4.69) is 48.3 Å². The smallest absolute Gasteiger partial charge is 0.243 e. The minimum absolute atomic E-state index is 0.139. The number of benzene rings is 2. The maximum absolute atomic E-state index is 13.9. The van der Waals surface area contributed by atoms with Crippen molar-refractivity contribution in [3.63, 3.8) is 0 Å². The molecule has 1 heterocycles. The van der Waals surface area contributed by atoms with Gasteiger partial charge in [0.05, 0.1) is 5.92 Å². The van der Waals surface area contributed by atoms with Gasteiger partial charge in [0.25, 0.3) is 0 Å². The van der Waals surface area contributed by atoms with Crippen LogP contribution in [0.25, 0.3) is 0 Å². The summed E-state index contributed by atoms with van der Waals surface area (Å²) in [5.74, 6) is -0.396. The van der Waals surface area contributed by atoms with Crippen LogP contribution in [0, 0.1) is 5.92 Å². The molecule has 1 saturated heterocycles. The van der Waals surface area contributed by atoms with E-state index in [0.29, 0.717) is 25.9 Å². The molecule has 1 fully saturated rings. The number of rotatable bonds is 6. The summed E-state index contributed by atoms with van der Waals surface area (Å²) in [6.07, 6.45) is 3.93. The molecule has 2 amide bonds. The molecule has 30 heavy (non-hydrogen) atoms. The summed E-state index contributed by atoms with van der Waals surface area (Å²) in [6, 6.07) is 18.8. The van der Waals surface area contributed by atoms with Crippen LogP contribution in [-0.2, 0) is 28.9 Å². The number of likely N-dealkylation sites (tertiary alicyclic amines) is 1. The number of hydrogen-bond acceptors (Lipinski definition) is 3. The molecule has 0 aromatic heterocycles. The Kier molecular flexibility index (Phi) is 5.91. The quantitative estimate of drug-likeness (QED) is 0.803. The number of fused-ring (bicyclic) bond motifs is 1. The van der Waals surface area contributed by atoms with E-state index in [4.69, 9.17) is 5.73 Å². The van der Waals surface area contributed by atoms with Crippen LogP contribution in [0.3, 0.4) is 0 Å². The van der Waals surface area contributed by atoms with Gasteiger partial charge in [0.1, 0.15) is 5.54 Å². The van der Waals surface area contributed by atoms with Crippen LogP contribution in [0.5, 0.6) is 0 Å². The minimum atomic E-state index is -0.599. The van der Waals surface area contributed by atoms with Crippen molar-refractivity contribution in [2.24, 2.45) is 11.7 Å². The number of nitrogens with zero attached hydrogens (tertiary/aromatic N) is 2. The molecule has 0 saturated carbocycles. The van der Waals surface area contributed by atoms with Crippen LogP contribution in [0.2, 0.25) is 0 Å². The number of amides is 2. The third-order valence-corrected chi connectivity index (χ3v) is 6.90. The fourth-order valence-electron chi connectivity index (χ4n) is 5.02. The van der Waals surface area contributed by atoms with Crippen LogP contribution in [-0.4, -0.2) is 53.8 Å². The van der Waals surface area contributed by atoms with Gasteiger partial charge in [-0.25, -0.2) is 0 Å². The maximum Gasteiger partial charge on any atom is 0.243 e. The number of nitrogens with two attached hydrogens (primary N) is 1. The third kappa shape index (κ3) is 3.99. The molecule has 0 spiro atoms. The van der Waals surface area contributed by atoms with Crippen molar-refractivity contribution >= 4 is 11.8 Å². The SMILES string of the molecule is CN(CCc1ccccc1)C1(C(=O)N2CCCC(C(N)=O)C2)Cc2ccccc2C1. The van der Waals surface area contributed by atoms with E-state index < -0.39 is 5.54 Å². The molecule has 4 rings (SSSR count). The van der Waals surface area contributed by atoms with Gasteiger partial charge in [-0.3, -0.25) is 14.5 Å². The number of likely N-dealkylation sites (N-methyl/N-ethyl adjacent to an activating group) is 1. The van der Waals surface area contributed by atoms with Crippen LogP contribution in [0.1, 0.15) is 29.5 Å². The van der Waals surface area contributed by atoms with Gasteiger partial charge in [-0.05, 0) is 43.0 Å². The number of piperidine rings is 1. The standard InChI is InChI=1S/C25H31N3O2/c1-27(15-13-19-8-3-2-4-9-19)25(16-20-10-5-6-11-21(20)17-25)24(30)28-14-7-12-22(18-28)23(26)29/h2-6,8-11,22H,7,12-18H2,1H3,(H2,26,29). The van der Waals surface area contributed by atoms with Gasteiger partial charge >= 0.3 is 0 Å². The van der Waals surface area contributed by atoms with Crippen LogP contribution < -0.4 is 5.73 Å². The van der Waals surface area contributed by atoms with E-state index in [9.17, 15) is 9.59 Å². The second kappa shape index (κ2) is 8.60. The normalized spacial score (nSPS) is 20.2. The summed E-state index contributed by atoms with van der Waals surface area (Å²) >= 11 is 0. The summed E-state index contributed by atoms with van der Waals surface area (Å²) in [4.78, 5) is 29.9. The number of carbonyl (C=O) groups is 2. The average molecular weight is 406 g/mol. The summed E-state index contributed by atoms with van der Waals surface area (Å²) < 4.78 is 0. The fourth-order valence-corrected chi connectivity index (χ4v) is 5.02. The zero-order valence-corrected chi connectivity index (χ0v) is 17.7. The van der Waals surface area contributed by atoms with E-state index in [1.807, 2.05) is 23.1 Å². The van der Waals surface area contributed by atoms with E-state index in [0.717, 1.165) is 25.8 Å². The molecule has 1 unspecified atom stereocenters. The van der Waals surface area contributed by atoms with Gasteiger partial charge < -0.3 is 10.6 Å². The van der Waals surface area contributed by atoms with Crippen molar-refractivity contribution in [1.82, 2.24) is 9.80 Å². The second-order valence-electron chi connectivity index (χ2n) is 8.80. The van der Waals surface area contributed by atoms with Crippen LogP contribution >= 0.6 is 0 Å². The Labute approximate surface area is 178 Å². The number of hydrogen-bond donors (Lipinski definition) is 1. The highest BCUT2D eigenvalue weighted by molar-refractivity contribution is 5.89. The minimum Gasteiger partial charge on any atom is -0.369 e. The topological polar surface area (TPSA) is 66.6 Å². The first-order valence-electron chi connectivity index (χ1n) is 10.9. The molecule has 1 aliphatic carbocycles. The van der Waals surface area contributed by atoms with Gasteiger partial charge in [-0.2, -0.15) is 0 Å². The molecule has 2 aromatic carbocycles. The Morgan fingerprint density at radius 2 is 1.70 bits per heavy atom. The third-order valence-electron chi connectivity index (χ3n) is 6.90. The fraction of sp³-hybridized carbons (Fsp3) is 0.440. The van der Waals surface area contributed by atoms with E-state index in [-0.39, 0.29) is 17.7 Å². The van der Waals surface area contributed by atoms with E-state index in [1.165, 1.54) is 16.7 Å². The largest absolute Gasteiger partial charge is 0.369 e. The summed E-state index contributed by atoms with van der Waals surface area (Å²) in [6.45, 7) is 1.95. The highest BCUT2D eigenvalue weighted by atomic mass is 16.2. The van der Waals surface area contributed by atoms with E-state index in [1.54, 1.807) is 0 Å². The zero-order chi connectivity index (χ0) is 21.1. The monoisotopic (exact) mass is 405 g/mol. The molecule has 5 nitrogen and oxygen atoms in total. The predicted octanol–water partition coefficient (Wildman–Crippen LogP) is 2.42. The molecule has 158 valence electrons. The lowest BCUT2D eigenvalue weighted by atomic mass is 9.88.